The van der Waals surface area contributed by atoms with Gasteiger partial charge in [0, 0.05) is 24.8 Å². The molecule has 0 spiro atoms. The minimum absolute atomic E-state index is 0.0740. The van der Waals surface area contributed by atoms with Crippen LogP contribution in [0, 0.1) is 13.8 Å². The number of aryl methyl sites for hydroxylation is 2. The average Bonchev–Trinajstić information content (AvgIpc) is 2.85. The summed E-state index contributed by atoms with van der Waals surface area (Å²) in [7, 11) is 0. The third-order valence-corrected chi connectivity index (χ3v) is 5.13. The van der Waals surface area contributed by atoms with E-state index in [0.29, 0.717) is 24.8 Å². The molecule has 0 aliphatic rings. The van der Waals surface area contributed by atoms with E-state index in [9.17, 15) is 22.8 Å². The van der Waals surface area contributed by atoms with Gasteiger partial charge < -0.3 is 14.8 Å². The number of hydrogen-bond donors (Lipinski definition) is 3. The van der Waals surface area contributed by atoms with Gasteiger partial charge in [0.15, 0.2) is 5.82 Å². The maximum Gasteiger partial charge on any atom is 0.451 e. The number of esters is 1. The molecule has 2 amide bonds. The first kappa shape index (κ1) is 27.5. The first-order valence-electron chi connectivity index (χ1n) is 11.6. The van der Waals surface area contributed by atoms with Crippen LogP contribution in [0.3, 0.4) is 0 Å². The number of fused-ring (bicyclic) bond motifs is 1. The molecule has 0 radical (unpaired) electrons. The molecular formula is C25H28F3N5O4. The Balaban J connectivity index is 1.32. The van der Waals surface area contributed by atoms with Crippen molar-refractivity contribution in [2.75, 3.05) is 25.2 Å². The molecule has 3 aromatic rings. The molecule has 0 bridgehead atoms. The van der Waals surface area contributed by atoms with Gasteiger partial charge in [-0.1, -0.05) is 29.8 Å². The monoisotopic (exact) mass is 519 g/mol. The highest BCUT2D eigenvalue weighted by atomic mass is 19.4. The number of ether oxygens (including phenoxy) is 2. The SMILES string of the molecule is Cc1ccc(OCCCOC(=O)CCCNC(=O)NNc2nc(C(F)(F)F)nc3ccccc23)c(C)c1. The zero-order valence-corrected chi connectivity index (χ0v) is 20.4. The fourth-order valence-electron chi connectivity index (χ4n) is 3.35. The number of hydrazine groups is 1. The van der Waals surface area contributed by atoms with E-state index < -0.39 is 24.0 Å². The zero-order valence-electron chi connectivity index (χ0n) is 20.4. The number of hydrogen-bond acceptors (Lipinski definition) is 7. The molecule has 0 atom stereocenters. The molecule has 1 aromatic heterocycles. The minimum Gasteiger partial charge on any atom is -0.493 e. The van der Waals surface area contributed by atoms with Crippen molar-refractivity contribution in [2.45, 2.75) is 39.3 Å². The molecule has 198 valence electrons. The van der Waals surface area contributed by atoms with Crippen LogP contribution in [-0.4, -0.2) is 41.7 Å². The van der Waals surface area contributed by atoms with Gasteiger partial charge in [0.25, 0.3) is 0 Å². The lowest BCUT2D eigenvalue weighted by atomic mass is 10.1. The molecule has 3 N–H and O–H groups in total. The summed E-state index contributed by atoms with van der Waals surface area (Å²) in [5.41, 5.74) is 6.90. The summed E-state index contributed by atoms with van der Waals surface area (Å²) in [6.45, 7) is 4.75. The Morgan fingerprint density at radius 1 is 1.00 bits per heavy atom. The van der Waals surface area contributed by atoms with Crippen LogP contribution in [0.2, 0.25) is 0 Å². The molecule has 2 aromatic carbocycles. The molecule has 3 rings (SSSR count). The first-order chi connectivity index (χ1) is 17.6. The lowest BCUT2D eigenvalue weighted by molar-refractivity contribution is -0.145. The third-order valence-electron chi connectivity index (χ3n) is 5.13. The molecular weight excluding hydrogens is 491 g/mol. The molecule has 0 aliphatic heterocycles. The fraction of sp³-hybridized carbons (Fsp3) is 0.360. The van der Waals surface area contributed by atoms with Crippen LogP contribution >= 0.6 is 0 Å². The highest BCUT2D eigenvalue weighted by molar-refractivity contribution is 5.89. The van der Waals surface area contributed by atoms with E-state index in [1.54, 1.807) is 12.1 Å². The van der Waals surface area contributed by atoms with Gasteiger partial charge in [-0.05, 0) is 44.0 Å². The van der Waals surface area contributed by atoms with Gasteiger partial charge in [-0.3, -0.25) is 15.6 Å². The number of urea groups is 1. The molecule has 0 unspecified atom stereocenters. The zero-order chi connectivity index (χ0) is 26.8. The lowest BCUT2D eigenvalue weighted by Crippen LogP contribution is -2.40. The number of para-hydroxylation sites is 1. The van der Waals surface area contributed by atoms with Gasteiger partial charge in [0.05, 0.1) is 18.7 Å². The molecule has 1 heterocycles. The summed E-state index contributed by atoms with van der Waals surface area (Å²) in [5, 5.41) is 2.80. The van der Waals surface area contributed by atoms with Crippen LogP contribution in [0.4, 0.5) is 23.8 Å². The van der Waals surface area contributed by atoms with Gasteiger partial charge in [0.1, 0.15) is 5.75 Å². The molecule has 37 heavy (non-hydrogen) atoms. The number of benzene rings is 2. The van der Waals surface area contributed by atoms with E-state index in [-0.39, 0.29) is 30.9 Å². The van der Waals surface area contributed by atoms with Crippen LogP contribution in [0.5, 0.6) is 5.75 Å². The number of aromatic nitrogens is 2. The number of nitrogens with zero attached hydrogens (tertiary/aromatic N) is 2. The second-order valence-corrected chi connectivity index (χ2v) is 8.21. The van der Waals surface area contributed by atoms with E-state index in [4.69, 9.17) is 9.47 Å². The van der Waals surface area contributed by atoms with Gasteiger partial charge in [-0.2, -0.15) is 13.2 Å². The summed E-state index contributed by atoms with van der Waals surface area (Å²) >= 11 is 0. The smallest absolute Gasteiger partial charge is 0.451 e. The fourth-order valence-corrected chi connectivity index (χ4v) is 3.35. The second-order valence-electron chi connectivity index (χ2n) is 8.21. The molecule has 12 heteroatoms. The Labute approximate surface area is 211 Å². The van der Waals surface area contributed by atoms with E-state index >= 15 is 0 Å². The minimum atomic E-state index is -4.75. The first-order valence-corrected chi connectivity index (χ1v) is 11.6. The highest BCUT2D eigenvalue weighted by Crippen LogP contribution is 2.30. The van der Waals surface area contributed by atoms with Crippen molar-refractivity contribution < 1.29 is 32.2 Å². The van der Waals surface area contributed by atoms with Gasteiger partial charge in [-0.25, -0.2) is 14.8 Å². The standard InChI is InChI=1S/C25H28F3N5O4/c1-16-10-11-20(17(2)15-16)36-13-6-14-37-21(34)9-5-12-29-24(35)33-32-22-18-7-3-4-8-19(18)30-23(31-22)25(26,27)28/h3-4,7-8,10-11,15H,5-6,9,12-14H2,1-2H3,(H2,29,33,35)(H,30,31,32). The lowest BCUT2D eigenvalue weighted by Gasteiger charge is -2.13. The summed E-state index contributed by atoms with van der Waals surface area (Å²) in [6, 6.07) is 11.3. The number of alkyl halides is 3. The van der Waals surface area contributed by atoms with E-state index in [1.165, 1.54) is 12.1 Å². The summed E-state index contributed by atoms with van der Waals surface area (Å²) in [6.07, 6.45) is -3.79. The van der Waals surface area contributed by atoms with Crippen LogP contribution < -0.4 is 20.9 Å². The molecule has 9 nitrogen and oxygen atoms in total. The Morgan fingerprint density at radius 2 is 1.78 bits per heavy atom. The summed E-state index contributed by atoms with van der Waals surface area (Å²) < 4.78 is 50.1. The van der Waals surface area contributed by atoms with Crippen molar-refractivity contribution in [2.24, 2.45) is 0 Å². The Hall–Kier alpha value is -4.09. The van der Waals surface area contributed by atoms with Crippen molar-refractivity contribution in [1.29, 1.82) is 0 Å². The number of amides is 2. The van der Waals surface area contributed by atoms with Gasteiger partial charge in [-0.15, -0.1) is 0 Å². The number of halogens is 3. The normalized spacial score (nSPS) is 11.2. The quantitative estimate of drug-likeness (QED) is 0.191. The number of nitrogens with one attached hydrogen (secondary N) is 3. The maximum absolute atomic E-state index is 13.1. The van der Waals surface area contributed by atoms with Crippen molar-refractivity contribution in [3.8, 4) is 5.75 Å². The summed E-state index contributed by atoms with van der Waals surface area (Å²) in [4.78, 5) is 30.8. The topological polar surface area (TPSA) is 114 Å². The largest absolute Gasteiger partial charge is 0.493 e. The van der Waals surface area contributed by atoms with Crippen LogP contribution in [0.15, 0.2) is 42.5 Å². The average molecular weight is 520 g/mol. The third kappa shape index (κ3) is 8.51. The van der Waals surface area contributed by atoms with Crippen LogP contribution in [0.1, 0.15) is 36.2 Å². The van der Waals surface area contributed by atoms with E-state index in [2.05, 4.69) is 26.1 Å². The van der Waals surface area contributed by atoms with E-state index in [1.807, 2.05) is 32.0 Å². The summed E-state index contributed by atoms with van der Waals surface area (Å²) in [5.74, 6) is -1.13. The van der Waals surface area contributed by atoms with Gasteiger partial charge in [0.2, 0.25) is 5.82 Å². The van der Waals surface area contributed by atoms with Crippen molar-refractivity contribution >= 4 is 28.7 Å². The molecule has 0 saturated carbocycles. The number of rotatable bonds is 11. The predicted octanol–water partition coefficient (Wildman–Crippen LogP) is 4.68. The molecule has 0 saturated heterocycles. The number of anilines is 1. The Kier molecular flexibility index (Phi) is 9.47. The Morgan fingerprint density at radius 3 is 2.54 bits per heavy atom. The van der Waals surface area contributed by atoms with Crippen molar-refractivity contribution in [1.82, 2.24) is 20.7 Å². The number of carbonyl (C=O) groups excluding carboxylic acids is 2. The second kappa shape index (κ2) is 12.7. The predicted molar refractivity (Wildman–Crippen MR) is 131 cm³/mol. The van der Waals surface area contributed by atoms with Crippen molar-refractivity contribution in [3.05, 3.63) is 59.4 Å². The number of carbonyl (C=O) groups is 2. The van der Waals surface area contributed by atoms with Crippen molar-refractivity contribution in [3.63, 3.8) is 0 Å². The maximum atomic E-state index is 13.1. The van der Waals surface area contributed by atoms with Crippen LogP contribution in [-0.2, 0) is 15.7 Å². The van der Waals surface area contributed by atoms with Crippen LogP contribution in [0.25, 0.3) is 10.9 Å². The van der Waals surface area contributed by atoms with E-state index in [0.717, 1.165) is 16.9 Å². The van der Waals surface area contributed by atoms with Gasteiger partial charge >= 0.3 is 18.2 Å². The highest BCUT2D eigenvalue weighted by Gasteiger charge is 2.35. The molecule has 0 aliphatic carbocycles. The molecule has 0 fully saturated rings. The Bertz CT molecular complexity index is 1240.